The average molecular weight is 312 g/mol. The lowest BCUT2D eigenvalue weighted by molar-refractivity contribution is 0.0301. The number of aryl methyl sites for hydroxylation is 2. The Hall–Kier alpha value is -0.580. The zero-order valence-electron chi connectivity index (χ0n) is 13.3. The summed E-state index contributed by atoms with van der Waals surface area (Å²) in [6.07, 6.45) is 5.08. The highest BCUT2D eigenvalue weighted by molar-refractivity contribution is 6.31. The molecule has 1 aromatic rings. The lowest BCUT2D eigenvalue weighted by Gasteiger charge is -2.35. The molecular weight excluding hydrogens is 286 g/mol. The zero-order valence-corrected chi connectivity index (χ0v) is 14.0. The summed E-state index contributed by atoms with van der Waals surface area (Å²) in [6.45, 7) is 7.02. The van der Waals surface area contributed by atoms with Crippen molar-refractivity contribution in [3.63, 3.8) is 0 Å². The van der Waals surface area contributed by atoms with Crippen LogP contribution < -0.4 is 5.32 Å². The van der Waals surface area contributed by atoms with Gasteiger partial charge >= 0.3 is 0 Å². The Kier molecular flexibility index (Phi) is 4.30. The van der Waals surface area contributed by atoms with Gasteiger partial charge in [-0.15, -0.1) is 0 Å². The van der Waals surface area contributed by atoms with E-state index in [2.05, 4.69) is 17.3 Å². The summed E-state index contributed by atoms with van der Waals surface area (Å²) in [4.78, 5) is 0. The number of halogens is 1. The fourth-order valence-corrected chi connectivity index (χ4v) is 3.99. The van der Waals surface area contributed by atoms with Crippen molar-refractivity contribution in [3.8, 4) is 0 Å². The fraction of sp³-hybridized carbons (Fsp3) is 0.812. The number of hydrogen-bond acceptors (Lipinski definition) is 3. The van der Waals surface area contributed by atoms with E-state index in [0.717, 1.165) is 54.9 Å². The first-order valence-electron chi connectivity index (χ1n) is 8.07. The van der Waals surface area contributed by atoms with E-state index in [1.54, 1.807) is 0 Å². The minimum absolute atomic E-state index is 0.168. The van der Waals surface area contributed by atoms with E-state index in [1.165, 1.54) is 12.8 Å². The summed E-state index contributed by atoms with van der Waals surface area (Å²) in [6, 6.07) is 0. The quantitative estimate of drug-likeness (QED) is 0.878. The third-order valence-electron chi connectivity index (χ3n) is 5.06. The van der Waals surface area contributed by atoms with Gasteiger partial charge in [-0.2, -0.15) is 5.10 Å². The van der Waals surface area contributed by atoms with Crippen LogP contribution >= 0.6 is 11.6 Å². The van der Waals surface area contributed by atoms with Crippen LogP contribution in [0.4, 0.5) is 0 Å². The van der Waals surface area contributed by atoms with Gasteiger partial charge in [-0.05, 0) is 38.6 Å². The molecule has 1 aliphatic heterocycles. The molecule has 1 saturated heterocycles. The number of nitrogens with zero attached hydrogens (tertiary/aromatic N) is 2. The average Bonchev–Trinajstić information content (AvgIpc) is 3.18. The highest BCUT2D eigenvalue weighted by atomic mass is 35.5. The topological polar surface area (TPSA) is 39.1 Å². The second kappa shape index (κ2) is 5.90. The second-order valence-corrected chi connectivity index (χ2v) is 7.05. The lowest BCUT2D eigenvalue weighted by Crippen LogP contribution is -2.44. The Balaban J connectivity index is 1.88. The van der Waals surface area contributed by atoms with E-state index in [0.29, 0.717) is 6.10 Å². The fourth-order valence-electron chi connectivity index (χ4n) is 3.76. The van der Waals surface area contributed by atoms with E-state index in [9.17, 15) is 0 Å². The molecule has 3 rings (SSSR count). The van der Waals surface area contributed by atoms with Crippen LogP contribution in [0.15, 0.2) is 0 Å². The Morgan fingerprint density at radius 1 is 1.48 bits per heavy atom. The minimum atomic E-state index is 0.168. The Morgan fingerprint density at radius 2 is 2.24 bits per heavy atom. The number of hydrogen-bond donors (Lipinski definition) is 1. The van der Waals surface area contributed by atoms with Crippen molar-refractivity contribution in [2.75, 3.05) is 19.7 Å². The first-order valence-corrected chi connectivity index (χ1v) is 8.45. The number of nitrogens with one attached hydrogen (secondary N) is 1. The van der Waals surface area contributed by atoms with Crippen molar-refractivity contribution in [1.82, 2.24) is 15.1 Å². The molecule has 4 nitrogen and oxygen atoms in total. The van der Waals surface area contributed by atoms with Crippen LogP contribution in [0.2, 0.25) is 5.02 Å². The van der Waals surface area contributed by atoms with Gasteiger partial charge in [-0.1, -0.05) is 18.5 Å². The van der Waals surface area contributed by atoms with Crippen LogP contribution in [-0.4, -0.2) is 35.6 Å². The molecule has 0 radical (unpaired) electrons. The molecule has 2 unspecified atom stereocenters. The zero-order chi connectivity index (χ0) is 15.0. The molecule has 1 saturated carbocycles. The van der Waals surface area contributed by atoms with E-state index in [-0.39, 0.29) is 5.41 Å². The molecule has 21 heavy (non-hydrogen) atoms. The highest BCUT2D eigenvalue weighted by Crippen LogP contribution is 2.49. The smallest absolute Gasteiger partial charge is 0.0847 e. The van der Waals surface area contributed by atoms with Crippen molar-refractivity contribution in [3.05, 3.63) is 16.4 Å². The molecule has 0 spiro atoms. The SMILES string of the molecule is CCNCC1(Cc2c(Cl)c(C)nn2C)CCOC1C1CC1. The third kappa shape index (κ3) is 2.86. The Bertz CT molecular complexity index is 512. The predicted molar refractivity (Wildman–Crippen MR) is 84.7 cm³/mol. The molecule has 1 aliphatic carbocycles. The number of aromatic nitrogens is 2. The van der Waals surface area contributed by atoms with Gasteiger partial charge in [-0.25, -0.2) is 0 Å². The molecule has 2 fully saturated rings. The van der Waals surface area contributed by atoms with Crippen LogP contribution in [0.25, 0.3) is 0 Å². The maximum Gasteiger partial charge on any atom is 0.0847 e. The summed E-state index contributed by atoms with van der Waals surface area (Å²) in [5.41, 5.74) is 2.25. The molecule has 0 amide bonds. The van der Waals surface area contributed by atoms with E-state index >= 15 is 0 Å². The Morgan fingerprint density at radius 3 is 2.81 bits per heavy atom. The van der Waals surface area contributed by atoms with Crippen molar-refractivity contribution >= 4 is 11.6 Å². The van der Waals surface area contributed by atoms with Gasteiger partial charge in [0.25, 0.3) is 0 Å². The molecule has 1 aromatic heterocycles. The van der Waals surface area contributed by atoms with Gasteiger partial charge in [0.15, 0.2) is 0 Å². The van der Waals surface area contributed by atoms with Crippen molar-refractivity contribution in [1.29, 1.82) is 0 Å². The second-order valence-electron chi connectivity index (χ2n) is 6.67. The maximum atomic E-state index is 6.49. The van der Waals surface area contributed by atoms with Gasteiger partial charge in [0, 0.05) is 32.0 Å². The van der Waals surface area contributed by atoms with Crippen LogP contribution in [0, 0.1) is 18.3 Å². The molecule has 2 aliphatic rings. The Labute approximate surface area is 132 Å². The van der Waals surface area contributed by atoms with Gasteiger partial charge in [0.05, 0.1) is 22.5 Å². The predicted octanol–water partition coefficient (Wildman–Crippen LogP) is 2.72. The first kappa shape index (κ1) is 15.3. The normalized spacial score (nSPS) is 29.2. The molecule has 1 N–H and O–H groups in total. The lowest BCUT2D eigenvalue weighted by atomic mass is 9.75. The third-order valence-corrected chi connectivity index (χ3v) is 5.55. The van der Waals surface area contributed by atoms with Gasteiger partial charge in [0.2, 0.25) is 0 Å². The summed E-state index contributed by atoms with van der Waals surface area (Å²) in [5.74, 6) is 0.749. The highest BCUT2D eigenvalue weighted by Gasteiger charge is 2.51. The first-order chi connectivity index (χ1) is 10.1. The van der Waals surface area contributed by atoms with Crippen molar-refractivity contribution < 1.29 is 4.74 Å². The largest absolute Gasteiger partial charge is 0.377 e. The van der Waals surface area contributed by atoms with Crippen molar-refractivity contribution in [2.24, 2.45) is 18.4 Å². The monoisotopic (exact) mass is 311 g/mol. The summed E-state index contributed by atoms with van der Waals surface area (Å²) < 4.78 is 8.09. The van der Waals surface area contributed by atoms with Gasteiger partial charge < -0.3 is 10.1 Å². The van der Waals surface area contributed by atoms with Crippen LogP contribution in [0.3, 0.4) is 0 Å². The molecule has 2 heterocycles. The van der Waals surface area contributed by atoms with Crippen LogP contribution in [0.1, 0.15) is 37.6 Å². The van der Waals surface area contributed by atoms with Crippen LogP contribution in [0.5, 0.6) is 0 Å². The van der Waals surface area contributed by atoms with E-state index in [4.69, 9.17) is 16.3 Å². The number of ether oxygens (including phenoxy) is 1. The van der Waals surface area contributed by atoms with Gasteiger partial charge in [-0.3, -0.25) is 4.68 Å². The minimum Gasteiger partial charge on any atom is -0.377 e. The van der Waals surface area contributed by atoms with Crippen LogP contribution in [-0.2, 0) is 18.2 Å². The molecule has 0 bridgehead atoms. The van der Waals surface area contributed by atoms with E-state index in [1.807, 2.05) is 18.7 Å². The summed E-state index contributed by atoms with van der Waals surface area (Å²) in [5, 5.41) is 8.86. The molecule has 0 aromatic carbocycles. The van der Waals surface area contributed by atoms with E-state index < -0.39 is 0 Å². The molecule has 118 valence electrons. The summed E-state index contributed by atoms with van der Waals surface area (Å²) in [7, 11) is 2.00. The molecule has 5 heteroatoms. The van der Waals surface area contributed by atoms with Gasteiger partial charge in [0.1, 0.15) is 0 Å². The maximum absolute atomic E-state index is 6.49. The van der Waals surface area contributed by atoms with Crippen molar-refractivity contribution in [2.45, 2.75) is 45.6 Å². The number of rotatable bonds is 6. The summed E-state index contributed by atoms with van der Waals surface area (Å²) >= 11 is 6.49. The standard InChI is InChI=1S/C16H26ClN3O/c1-4-18-10-16(7-8-21-15(16)12-5-6-12)9-13-14(17)11(2)19-20(13)3/h12,15,18H,4-10H2,1-3H3. The molecule has 2 atom stereocenters. The molecular formula is C16H26ClN3O.